The van der Waals surface area contributed by atoms with Gasteiger partial charge < -0.3 is 14.4 Å². The minimum absolute atomic E-state index is 0.0254. The molecule has 0 aliphatic carbocycles. The Morgan fingerprint density at radius 2 is 1.67 bits per heavy atom. The molecule has 27 heavy (non-hydrogen) atoms. The Morgan fingerprint density at radius 3 is 2.41 bits per heavy atom. The normalized spacial score (nSPS) is 15.0. The van der Waals surface area contributed by atoms with Crippen LogP contribution >= 0.6 is 0 Å². The fourth-order valence-corrected chi connectivity index (χ4v) is 3.68. The summed E-state index contributed by atoms with van der Waals surface area (Å²) in [6.45, 7) is 2.37. The summed E-state index contributed by atoms with van der Waals surface area (Å²) >= 11 is 0. The summed E-state index contributed by atoms with van der Waals surface area (Å²) in [6, 6.07) is 11.5. The number of amides is 2. The van der Waals surface area contributed by atoms with Gasteiger partial charge in [0.2, 0.25) is 0 Å². The summed E-state index contributed by atoms with van der Waals surface area (Å²) in [7, 11) is 1.95. The van der Waals surface area contributed by atoms with E-state index in [0.29, 0.717) is 31.7 Å². The first-order valence-electron chi connectivity index (χ1n) is 9.18. The second-order valence-electron chi connectivity index (χ2n) is 6.85. The monoisotopic (exact) mass is 362 g/mol. The molecule has 0 radical (unpaired) electrons. The van der Waals surface area contributed by atoms with Crippen LogP contribution in [0.5, 0.6) is 0 Å². The molecule has 1 aromatic carbocycles. The molecule has 4 rings (SSSR count). The van der Waals surface area contributed by atoms with Crippen molar-refractivity contribution in [3.63, 3.8) is 0 Å². The van der Waals surface area contributed by atoms with E-state index in [2.05, 4.69) is 4.98 Å². The smallest absolute Gasteiger partial charge is 0.256 e. The van der Waals surface area contributed by atoms with Crippen LogP contribution in [0.1, 0.15) is 27.1 Å². The lowest BCUT2D eigenvalue weighted by Gasteiger charge is -2.22. The highest BCUT2D eigenvalue weighted by molar-refractivity contribution is 6.07. The van der Waals surface area contributed by atoms with Crippen molar-refractivity contribution in [1.82, 2.24) is 19.4 Å². The number of carbonyl (C=O) groups is 2. The summed E-state index contributed by atoms with van der Waals surface area (Å²) in [5, 5.41) is 0.970. The lowest BCUT2D eigenvalue weighted by Crippen LogP contribution is -2.37. The van der Waals surface area contributed by atoms with Crippen LogP contribution in [0.25, 0.3) is 10.9 Å². The highest BCUT2D eigenvalue weighted by atomic mass is 16.2. The maximum Gasteiger partial charge on any atom is 0.256 e. The van der Waals surface area contributed by atoms with Crippen LogP contribution in [0, 0.1) is 0 Å². The highest BCUT2D eigenvalue weighted by Gasteiger charge is 2.25. The molecule has 0 atom stereocenters. The zero-order valence-electron chi connectivity index (χ0n) is 15.3. The van der Waals surface area contributed by atoms with E-state index in [-0.39, 0.29) is 11.8 Å². The first-order valence-corrected chi connectivity index (χ1v) is 9.18. The number of benzene rings is 1. The van der Waals surface area contributed by atoms with Crippen LogP contribution in [0.3, 0.4) is 0 Å². The first-order chi connectivity index (χ1) is 13.1. The van der Waals surface area contributed by atoms with Crippen molar-refractivity contribution in [2.24, 2.45) is 7.05 Å². The molecule has 6 heteroatoms. The number of pyridine rings is 1. The van der Waals surface area contributed by atoms with Crippen molar-refractivity contribution in [3.05, 3.63) is 66.1 Å². The first kappa shape index (κ1) is 17.3. The molecule has 0 unspecified atom stereocenters. The molecule has 3 heterocycles. The van der Waals surface area contributed by atoms with Gasteiger partial charge in [0.25, 0.3) is 11.8 Å². The molecule has 1 aliphatic heterocycles. The van der Waals surface area contributed by atoms with Gasteiger partial charge in [-0.05, 0) is 24.6 Å². The van der Waals surface area contributed by atoms with Crippen molar-refractivity contribution >= 4 is 22.7 Å². The van der Waals surface area contributed by atoms with Gasteiger partial charge in [0.05, 0.1) is 11.1 Å². The van der Waals surface area contributed by atoms with Crippen LogP contribution in [0.15, 0.2) is 55.0 Å². The molecule has 0 saturated carbocycles. The van der Waals surface area contributed by atoms with E-state index >= 15 is 0 Å². The molecule has 138 valence electrons. The minimum Gasteiger partial charge on any atom is -0.350 e. The van der Waals surface area contributed by atoms with Gasteiger partial charge in [-0.3, -0.25) is 14.6 Å². The fraction of sp³-hybridized carbons (Fsp3) is 0.286. The van der Waals surface area contributed by atoms with E-state index in [1.165, 1.54) is 0 Å². The van der Waals surface area contributed by atoms with Gasteiger partial charge in [-0.1, -0.05) is 18.2 Å². The lowest BCUT2D eigenvalue weighted by atomic mass is 10.1. The van der Waals surface area contributed by atoms with Crippen LogP contribution in [-0.2, 0) is 7.05 Å². The number of rotatable bonds is 2. The van der Waals surface area contributed by atoms with Gasteiger partial charge in [-0.2, -0.15) is 0 Å². The molecule has 3 aromatic rings. The number of para-hydroxylation sites is 1. The summed E-state index contributed by atoms with van der Waals surface area (Å²) in [4.78, 5) is 33.5. The average Bonchev–Trinajstić information content (AvgIpc) is 2.89. The quantitative estimate of drug-likeness (QED) is 0.704. The Bertz CT molecular complexity index is 980. The van der Waals surface area contributed by atoms with Crippen LogP contribution in [0.4, 0.5) is 0 Å². The molecular formula is C21H22N4O2. The third kappa shape index (κ3) is 3.30. The Labute approximate surface area is 158 Å². The Morgan fingerprint density at radius 1 is 0.926 bits per heavy atom. The van der Waals surface area contributed by atoms with E-state index in [4.69, 9.17) is 0 Å². The molecule has 1 aliphatic rings. The maximum absolute atomic E-state index is 13.1. The van der Waals surface area contributed by atoms with Gasteiger partial charge >= 0.3 is 0 Å². The van der Waals surface area contributed by atoms with Crippen LogP contribution in [0.2, 0.25) is 0 Å². The molecule has 6 nitrogen and oxygen atoms in total. The van der Waals surface area contributed by atoms with Gasteiger partial charge in [0.1, 0.15) is 0 Å². The molecular weight excluding hydrogens is 340 g/mol. The fourth-order valence-electron chi connectivity index (χ4n) is 3.68. The molecule has 1 saturated heterocycles. The van der Waals surface area contributed by atoms with Crippen molar-refractivity contribution in [2.75, 3.05) is 26.2 Å². The molecule has 0 N–H and O–H groups in total. The number of nitrogens with zero attached hydrogens (tertiary/aromatic N) is 4. The predicted octanol–water partition coefficient (Wildman–Crippen LogP) is 2.56. The second kappa shape index (κ2) is 7.23. The van der Waals surface area contributed by atoms with E-state index in [1.807, 2.05) is 51.9 Å². The summed E-state index contributed by atoms with van der Waals surface area (Å²) < 4.78 is 1.98. The van der Waals surface area contributed by atoms with Crippen molar-refractivity contribution in [1.29, 1.82) is 0 Å². The van der Waals surface area contributed by atoms with Crippen molar-refractivity contribution in [3.8, 4) is 0 Å². The van der Waals surface area contributed by atoms with Crippen molar-refractivity contribution < 1.29 is 9.59 Å². The van der Waals surface area contributed by atoms with Crippen LogP contribution in [-0.4, -0.2) is 57.3 Å². The summed E-state index contributed by atoms with van der Waals surface area (Å²) in [5.41, 5.74) is 2.36. The zero-order valence-corrected chi connectivity index (χ0v) is 15.3. The van der Waals surface area contributed by atoms with E-state index < -0.39 is 0 Å². The maximum atomic E-state index is 13.1. The average molecular weight is 362 g/mol. The summed E-state index contributed by atoms with van der Waals surface area (Å²) in [5.74, 6) is 0.00466. The second-order valence-corrected chi connectivity index (χ2v) is 6.85. The van der Waals surface area contributed by atoms with Crippen LogP contribution < -0.4 is 0 Å². The van der Waals surface area contributed by atoms with E-state index in [1.54, 1.807) is 24.5 Å². The standard InChI is InChI=1S/C21H22N4O2/c1-23-15-18(17-7-2-3-8-19(17)23)21(27)25-11-5-10-24(12-13-25)20(26)16-6-4-9-22-14-16/h2-4,6-9,14-15H,5,10-13H2,1H3. The molecule has 0 bridgehead atoms. The summed E-state index contributed by atoms with van der Waals surface area (Å²) in [6.07, 6.45) is 5.91. The zero-order chi connectivity index (χ0) is 18.8. The molecule has 2 amide bonds. The number of carbonyl (C=O) groups excluding carboxylic acids is 2. The highest BCUT2D eigenvalue weighted by Crippen LogP contribution is 2.22. The molecule has 0 spiro atoms. The number of hydrogen-bond donors (Lipinski definition) is 0. The number of aryl methyl sites for hydroxylation is 1. The topological polar surface area (TPSA) is 58.4 Å². The SMILES string of the molecule is Cn1cc(C(=O)N2CCCN(C(=O)c3cccnc3)CC2)c2ccccc21. The Kier molecular flexibility index (Phi) is 4.62. The molecule has 1 fully saturated rings. The minimum atomic E-state index is -0.0254. The molecule has 2 aromatic heterocycles. The largest absolute Gasteiger partial charge is 0.350 e. The number of hydrogen-bond acceptors (Lipinski definition) is 3. The predicted molar refractivity (Wildman–Crippen MR) is 104 cm³/mol. The van der Waals surface area contributed by atoms with Gasteiger partial charge in [0, 0.05) is 62.7 Å². The van der Waals surface area contributed by atoms with Gasteiger partial charge in [-0.25, -0.2) is 0 Å². The third-order valence-corrected chi connectivity index (χ3v) is 5.11. The number of aromatic nitrogens is 2. The van der Waals surface area contributed by atoms with Gasteiger partial charge in [-0.15, -0.1) is 0 Å². The van der Waals surface area contributed by atoms with E-state index in [9.17, 15) is 9.59 Å². The van der Waals surface area contributed by atoms with E-state index in [0.717, 1.165) is 22.9 Å². The Balaban J connectivity index is 1.51. The number of fused-ring (bicyclic) bond motifs is 1. The van der Waals surface area contributed by atoms with Gasteiger partial charge in [0.15, 0.2) is 0 Å². The van der Waals surface area contributed by atoms with Crippen molar-refractivity contribution in [2.45, 2.75) is 6.42 Å². The third-order valence-electron chi connectivity index (χ3n) is 5.11. The lowest BCUT2D eigenvalue weighted by molar-refractivity contribution is 0.0719. The Hall–Kier alpha value is -3.15.